The molecule has 122 valence electrons. The molecule has 1 aromatic heterocycles. The lowest BCUT2D eigenvalue weighted by atomic mass is 10.1. The zero-order chi connectivity index (χ0) is 16.6. The molecule has 0 saturated heterocycles. The number of aryl methyl sites for hydroxylation is 3. The van der Waals surface area contributed by atoms with E-state index < -0.39 is 0 Å². The third kappa shape index (κ3) is 3.20. The molecule has 1 aliphatic heterocycles. The van der Waals surface area contributed by atoms with Gasteiger partial charge in [-0.2, -0.15) is 0 Å². The molecule has 0 spiro atoms. The van der Waals surface area contributed by atoms with E-state index in [1.807, 2.05) is 32.9 Å². The molecule has 6 heteroatoms. The molecule has 1 aliphatic rings. The molecule has 0 atom stereocenters. The number of halogens is 1. The quantitative estimate of drug-likeness (QED) is 0.864. The molecule has 23 heavy (non-hydrogen) atoms. The average Bonchev–Trinajstić information content (AvgIpc) is 2.91. The van der Waals surface area contributed by atoms with Crippen LogP contribution in [0.25, 0.3) is 0 Å². The Balaban J connectivity index is 1.62. The van der Waals surface area contributed by atoms with Gasteiger partial charge in [0.05, 0.1) is 12.2 Å². The third-order valence-electron chi connectivity index (χ3n) is 4.16. The highest BCUT2D eigenvalue weighted by atomic mass is 35.5. The minimum Gasteiger partial charge on any atom is -0.484 e. The topological polar surface area (TPSA) is 55.6 Å². The SMILES string of the molecule is Cc1cc(OCC(=O)N2CCc3c(C)noc3C2)cc(C)c1Cl. The molecular weight excluding hydrogens is 316 g/mol. The molecule has 0 saturated carbocycles. The van der Waals surface area contributed by atoms with Gasteiger partial charge in [0.25, 0.3) is 5.91 Å². The van der Waals surface area contributed by atoms with Crippen molar-refractivity contribution in [3.8, 4) is 5.75 Å². The maximum absolute atomic E-state index is 12.3. The largest absolute Gasteiger partial charge is 0.484 e. The smallest absolute Gasteiger partial charge is 0.260 e. The van der Waals surface area contributed by atoms with Crippen molar-refractivity contribution in [2.75, 3.05) is 13.2 Å². The van der Waals surface area contributed by atoms with Crippen molar-refractivity contribution in [1.29, 1.82) is 0 Å². The van der Waals surface area contributed by atoms with Gasteiger partial charge in [0.1, 0.15) is 5.75 Å². The highest BCUT2D eigenvalue weighted by Crippen LogP contribution is 2.26. The van der Waals surface area contributed by atoms with E-state index in [2.05, 4.69) is 5.16 Å². The van der Waals surface area contributed by atoms with Crippen LogP contribution in [0.2, 0.25) is 5.02 Å². The number of amides is 1. The van der Waals surface area contributed by atoms with Crippen molar-refractivity contribution in [3.05, 3.63) is 45.3 Å². The molecule has 0 bridgehead atoms. The van der Waals surface area contributed by atoms with Crippen LogP contribution in [0.4, 0.5) is 0 Å². The van der Waals surface area contributed by atoms with Crippen LogP contribution >= 0.6 is 11.6 Å². The summed E-state index contributed by atoms with van der Waals surface area (Å²) in [7, 11) is 0. The van der Waals surface area contributed by atoms with E-state index in [0.29, 0.717) is 18.8 Å². The van der Waals surface area contributed by atoms with Gasteiger partial charge in [0, 0.05) is 17.1 Å². The predicted octanol–water partition coefficient (Wildman–Crippen LogP) is 3.22. The van der Waals surface area contributed by atoms with Gasteiger partial charge >= 0.3 is 0 Å². The number of hydrogen-bond acceptors (Lipinski definition) is 4. The Morgan fingerprint density at radius 3 is 2.74 bits per heavy atom. The van der Waals surface area contributed by atoms with E-state index in [4.69, 9.17) is 20.9 Å². The Labute approximate surface area is 140 Å². The summed E-state index contributed by atoms with van der Waals surface area (Å²) >= 11 is 6.14. The lowest BCUT2D eigenvalue weighted by molar-refractivity contribution is -0.134. The van der Waals surface area contributed by atoms with Gasteiger partial charge in [-0.25, -0.2) is 0 Å². The van der Waals surface area contributed by atoms with Crippen molar-refractivity contribution >= 4 is 17.5 Å². The van der Waals surface area contributed by atoms with E-state index >= 15 is 0 Å². The summed E-state index contributed by atoms with van der Waals surface area (Å²) in [4.78, 5) is 14.1. The zero-order valence-electron chi connectivity index (χ0n) is 13.5. The Morgan fingerprint density at radius 1 is 1.35 bits per heavy atom. The summed E-state index contributed by atoms with van der Waals surface area (Å²) < 4.78 is 10.9. The standard InChI is InChI=1S/C17H19ClN2O3/c1-10-6-13(7-11(2)17(10)18)22-9-16(21)20-5-4-14-12(3)19-23-15(14)8-20/h6-7H,4-5,8-9H2,1-3H3. The molecule has 0 radical (unpaired) electrons. The van der Waals surface area contributed by atoms with Gasteiger partial charge < -0.3 is 14.2 Å². The van der Waals surface area contributed by atoms with Crippen molar-refractivity contribution in [3.63, 3.8) is 0 Å². The summed E-state index contributed by atoms with van der Waals surface area (Å²) in [6.07, 6.45) is 0.773. The average molecular weight is 335 g/mol. The first kappa shape index (κ1) is 15.9. The van der Waals surface area contributed by atoms with Crippen molar-refractivity contribution < 1.29 is 14.1 Å². The van der Waals surface area contributed by atoms with E-state index in [1.165, 1.54) is 0 Å². The summed E-state index contributed by atoms with van der Waals surface area (Å²) in [6.45, 7) is 6.88. The number of aromatic nitrogens is 1. The van der Waals surface area contributed by atoms with Crippen molar-refractivity contribution in [2.24, 2.45) is 0 Å². The zero-order valence-corrected chi connectivity index (χ0v) is 14.2. The molecule has 2 aromatic rings. The number of benzene rings is 1. The van der Waals surface area contributed by atoms with Crippen molar-refractivity contribution in [1.82, 2.24) is 10.1 Å². The van der Waals surface area contributed by atoms with Gasteiger partial charge in [0.2, 0.25) is 0 Å². The molecule has 3 rings (SSSR count). The number of ether oxygens (including phenoxy) is 1. The number of carbonyl (C=O) groups excluding carboxylic acids is 1. The number of rotatable bonds is 3. The van der Waals surface area contributed by atoms with E-state index in [1.54, 1.807) is 4.90 Å². The molecule has 1 aromatic carbocycles. The van der Waals surface area contributed by atoms with Crippen molar-refractivity contribution in [2.45, 2.75) is 33.7 Å². The van der Waals surface area contributed by atoms with Crippen LogP contribution < -0.4 is 4.74 Å². The summed E-state index contributed by atoms with van der Waals surface area (Å²) in [5.74, 6) is 1.38. The second-order valence-electron chi connectivity index (χ2n) is 5.89. The fourth-order valence-corrected chi connectivity index (χ4v) is 2.93. The Kier molecular flexibility index (Phi) is 4.31. The molecule has 0 fully saturated rings. The van der Waals surface area contributed by atoms with Gasteiger partial charge in [-0.1, -0.05) is 16.8 Å². The van der Waals surface area contributed by atoms with Gasteiger partial charge in [-0.3, -0.25) is 4.79 Å². The minimum absolute atomic E-state index is 0.00294. The van der Waals surface area contributed by atoms with Crippen LogP contribution in [0.15, 0.2) is 16.7 Å². The second-order valence-corrected chi connectivity index (χ2v) is 6.27. The highest BCUT2D eigenvalue weighted by Gasteiger charge is 2.25. The van der Waals surface area contributed by atoms with Crippen LogP contribution in [0, 0.1) is 20.8 Å². The van der Waals surface area contributed by atoms with E-state index in [0.717, 1.165) is 39.6 Å². The molecular formula is C17H19ClN2O3. The predicted molar refractivity (Wildman–Crippen MR) is 86.8 cm³/mol. The molecule has 0 N–H and O–H groups in total. The van der Waals surface area contributed by atoms with Crippen LogP contribution in [-0.4, -0.2) is 29.1 Å². The maximum Gasteiger partial charge on any atom is 0.260 e. The Bertz CT molecular complexity index is 731. The molecule has 0 unspecified atom stereocenters. The monoisotopic (exact) mass is 334 g/mol. The number of nitrogens with zero attached hydrogens (tertiary/aromatic N) is 2. The fourth-order valence-electron chi connectivity index (χ4n) is 2.82. The lowest BCUT2D eigenvalue weighted by Gasteiger charge is -2.25. The van der Waals surface area contributed by atoms with Crippen LogP contribution in [0.3, 0.4) is 0 Å². The lowest BCUT2D eigenvalue weighted by Crippen LogP contribution is -2.38. The summed E-state index contributed by atoms with van der Waals surface area (Å²) in [6, 6.07) is 3.69. The third-order valence-corrected chi connectivity index (χ3v) is 4.75. The molecule has 2 heterocycles. The highest BCUT2D eigenvalue weighted by molar-refractivity contribution is 6.32. The number of carbonyl (C=O) groups is 1. The van der Waals surface area contributed by atoms with E-state index in [9.17, 15) is 4.79 Å². The molecule has 1 amide bonds. The second kappa shape index (κ2) is 6.24. The maximum atomic E-state index is 12.3. The fraction of sp³-hybridized carbons (Fsp3) is 0.412. The van der Waals surface area contributed by atoms with Crippen LogP contribution in [-0.2, 0) is 17.8 Å². The summed E-state index contributed by atoms with van der Waals surface area (Å²) in [5, 5.41) is 4.69. The molecule has 0 aliphatic carbocycles. The number of fused-ring (bicyclic) bond motifs is 1. The Morgan fingerprint density at radius 2 is 2.04 bits per heavy atom. The minimum atomic E-state index is -0.0602. The molecule has 5 nitrogen and oxygen atoms in total. The Hall–Kier alpha value is -2.01. The van der Waals surface area contributed by atoms with Gasteiger partial charge in [-0.05, 0) is 50.5 Å². The summed E-state index contributed by atoms with van der Waals surface area (Å²) in [5.41, 5.74) is 3.91. The van der Waals surface area contributed by atoms with Crippen LogP contribution in [0.5, 0.6) is 5.75 Å². The van der Waals surface area contributed by atoms with Gasteiger partial charge in [-0.15, -0.1) is 0 Å². The van der Waals surface area contributed by atoms with E-state index in [-0.39, 0.29) is 12.5 Å². The first-order valence-electron chi connectivity index (χ1n) is 7.57. The first-order valence-corrected chi connectivity index (χ1v) is 7.95. The number of hydrogen-bond donors (Lipinski definition) is 0. The normalized spacial score (nSPS) is 13.8. The van der Waals surface area contributed by atoms with Gasteiger partial charge in [0.15, 0.2) is 12.4 Å². The van der Waals surface area contributed by atoms with Crippen LogP contribution in [0.1, 0.15) is 28.1 Å². The first-order chi connectivity index (χ1) is 11.0.